The molecule has 3 rings (SSSR count). The number of aliphatic imine (C=N–C) groups is 1. The molecule has 2 aromatic rings. The molecule has 28 heavy (non-hydrogen) atoms. The molecule has 1 amide bonds. The first-order valence-electron chi connectivity index (χ1n) is 8.61. The molecule has 1 aliphatic heterocycles. The molecule has 3 N–H and O–H groups in total. The maximum Gasteiger partial charge on any atom is 0.283 e. The fraction of sp³-hybridized carbons (Fsp3) is 0.389. The number of methoxy groups -OCH3 is 1. The van der Waals surface area contributed by atoms with E-state index < -0.39 is 17.3 Å². The summed E-state index contributed by atoms with van der Waals surface area (Å²) >= 11 is 0. The summed E-state index contributed by atoms with van der Waals surface area (Å²) in [5.74, 6) is -0.866. The maximum atomic E-state index is 14.6. The lowest BCUT2D eigenvalue weighted by Gasteiger charge is -2.39. The first-order chi connectivity index (χ1) is 13.2. The number of nitrogens with one attached hydrogen (secondary N) is 1. The molecule has 0 saturated carbocycles. The largest absolute Gasteiger partial charge is 0.480 e. The predicted octanol–water partition coefficient (Wildman–Crippen LogP) is 1.86. The number of carbonyl (C=O) groups excluding carboxylic acids is 1. The van der Waals surface area contributed by atoms with Crippen LogP contribution in [0.25, 0.3) is 0 Å². The molecule has 9 nitrogen and oxygen atoms in total. The highest BCUT2D eigenvalue weighted by Gasteiger charge is 2.44. The Morgan fingerprint density at radius 1 is 1.32 bits per heavy atom. The molecule has 0 aromatic carbocycles. The first-order valence-corrected chi connectivity index (χ1v) is 8.61. The van der Waals surface area contributed by atoms with Gasteiger partial charge in [0.2, 0.25) is 5.88 Å². The van der Waals surface area contributed by atoms with Gasteiger partial charge in [-0.1, -0.05) is 6.92 Å². The van der Waals surface area contributed by atoms with Gasteiger partial charge < -0.3 is 20.5 Å². The van der Waals surface area contributed by atoms with Crippen LogP contribution in [0.3, 0.4) is 0 Å². The molecule has 0 saturated heterocycles. The number of pyridine rings is 1. The summed E-state index contributed by atoms with van der Waals surface area (Å²) in [6, 6.07) is 2.55. The molecule has 0 fully saturated rings. The highest BCUT2D eigenvalue weighted by atomic mass is 19.1. The van der Waals surface area contributed by atoms with Gasteiger partial charge in [0.25, 0.3) is 11.9 Å². The molecule has 1 unspecified atom stereocenters. The van der Waals surface area contributed by atoms with E-state index in [0.717, 1.165) is 0 Å². The molecule has 0 radical (unpaired) electrons. The Hall–Kier alpha value is -3.30. The molecule has 2 aromatic heterocycles. The van der Waals surface area contributed by atoms with E-state index in [1.807, 2.05) is 13.8 Å². The van der Waals surface area contributed by atoms with Crippen molar-refractivity contribution in [3.05, 3.63) is 41.7 Å². The Morgan fingerprint density at radius 3 is 2.71 bits per heavy atom. The van der Waals surface area contributed by atoms with E-state index in [1.165, 1.54) is 31.6 Å². The van der Waals surface area contributed by atoms with Gasteiger partial charge in [-0.15, -0.1) is 0 Å². The van der Waals surface area contributed by atoms with E-state index in [2.05, 4.69) is 25.3 Å². The Bertz CT molecular complexity index is 920. The number of carbonyl (C=O) groups is 1. The summed E-state index contributed by atoms with van der Waals surface area (Å²) in [5, 5.41) is 2.59. The number of nitrogens with zero attached hydrogens (tertiary/aromatic N) is 4. The summed E-state index contributed by atoms with van der Waals surface area (Å²) in [6.07, 6.45) is 2.31. The van der Waals surface area contributed by atoms with Gasteiger partial charge in [-0.05, 0) is 26.0 Å². The van der Waals surface area contributed by atoms with E-state index in [4.69, 9.17) is 15.2 Å². The second kappa shape index (κ2) is 7.37. The fourth-order valence-electron chi connectivity index (χ4n) is 2.96. The fourth-order valence-corrected chi connectivity index (χ4v) is 2.96. The SMILES string of the molecule is COc1cnc(C(=O)Nc2ccc(F)c([C@]3(C)N=C(N)OC(C)[C@H]3C)n2)cn1. The van der Waals surface area contributed by atoms with E-state index in [9.17, 15) is 9.18 Å². The number of rotatable bonds is 4. The van der Waals surface area contributed by atoms with Crippen molar-refractivity contribution in [3.63, 3.8) is 0 Å². The lowest BCUT2D eigenvalue weighted by molar-refractivity contribution is 0.0684. The van der Waals surface area contributed by atoms with Crippen molar-refractivity contribution < 1.29 is 18.7 Å². The highest BCUT2D eigenvalue weighted by Crippen LogP contribution is 2.39. The third kappa shape index (κ3) is 3.57. The topological polar surface area (TPSA) is 125 Å². The number of anilines is 1. The van der Waals surface area contributed by atoms with Crippen LogP contribution in [0.4, 0.5) is 10.2 Å². The average Bonchev–Trinajstić information content (AvgIpc) is 2.67. The van der Waals surface area contributed by atoms with Gasteiger partial charge >= 0.3 is 0 Å². The summed E-state index contributed by atoms with van der Waals surface area (Å²) in [4.78, 5) is 28.9. The standard InChI is InChI=1S/C18H21FN6O3/c1-9-10(2)28-17(20)25-18(9,3)15-11(19)5-6-13(23-15)24-16(26)12-7-22-14(27-4)8-21-12/h5-10H,1-4H3,(H2,20,25)(H,23,24,26)/t9-,10?,18-/m1/s1. The Morgan fingerprint density at radius 2 is 2.07 bits per heavy atom. The van der Waals surface area contributed by atoms with Crippen molar-refractivity contribution >= 4 is 17.7 Å². The predicted molar refractivity (Wildman–Crippen MR) is 99.4 cm³/mol. The van der Waals surface area contributed by atoms with E-state index in [1.54, 1.807) is 6.92 Å². The average molecular weight is 388 g/mol. The van der Waals surface area contributed by atoms with Crippen molar-refractivity contribution in [1.29, 1.82) is 0 Å². The maximum absolute atomic E-state index is 14.6. The number of amidine groups is 1. The van der Waals surface area contributed by atoms with Gasteiger partial charge in [-0.25, -0.2) is 24.3 Å². The van der Waals surface area contributed by atoms with Crippen LogP contribution in [0.2, 0.25) is 0 Å². The molecule has 0 bridgehead atoms. The number of aromatic nitrogens is 3. The molecule has 3 atom stereocenters. The van der Waals surface area contributed by atoms with Crippen molar-refractivity contribution in [2.45, 2.75) is 32.4 Å². The van der Waals surface area contributed by atoms with Gasteiger partial charge in [0.1, 0.15) is 34.7 Å². The van der Waals surface area contributed by atoms with Crippen LogP contribution in [-0.4, -0.2) is 40.1 Å². The zero-order valence-corrected chi connectivity index (χ0v) is 15.9. The van der Waals surface area contributed by atoms with E-state index in [0.29, 0.717) is 0 Å². The summed E-state index contributed by atoms with van der Waals surface area (Å²) in [5.41, 5.74) is 4.83. The summed E-state index contributed by atoms with van der Waals surface area (Å²) in [7, 11) is 1.45. The summed E-state index contributed by atoms with van der Waals surface area (Å²) < 4.78 is 24.9. The first kappa shape index (κ1) is 19.5. The molecule has 3 heterocycles. The van der Waals surface area contributed by atoms with Crippen LogP contribution in [0.5, 0.6) is 5.88 Å². The minimum atomic E-state index is -1.05. The van der Waals surface area contributed by atoms with E-state index >= 15 is 0 Å². The lowest BCUT2D eigenvalue weighted by Crippen LogP contribution is -2.46. The lowest BCUT2D eigenvalue weighted by atomic mass is 9.80. The van der Waals surface area contributed by atoms with Crippen LogP contribution in [0.15, 0.2) is 29.5 Å². The minimum absolute atomic E-state index is 0.0303. The van der Waals surface area contributed by atoms with Gasteiger partial charge in [-0.3, -0.25) is 4.79 Å². The zero-order valence-electron chi connectivity index (χ0n) is 15.9. The smallest absolute Gasteiger partial charge is 0.283 e. The second-order valence-corrected chi connectivity index (χ2v) is 6.63. The summed E-state index contributed by atoms with van der Waals surface area (Å²) in [6.45, 7) is 5.44. The second-order valence-electron chi connectivity index (χ2n) is 6.63. The van der Waals surface area contributed by atoms with Gasteiger partial charge in [-0.2, -0.15) is 0 Å². The molecular weight excluding hydrogens is 367 g/mol. The number of nitrogens with two attached hydrogens (primary N) is 1. The van der Waals surface area contributed by atoms with Crippen molar-refractivity contribution in [1.82, 2.24) is 15.0 Å². The van der Waals surface area contributed by atoms with Gasteiger partial charge in [0.15, 0.2) is 0 Å². The number of amides is 1. The van der Waals surface area contributed by atoms with Crippen LogP contribution in [-0.2, 0) is 10.3 Å². The molecule has 1 aliphatic rings. The van der Waals surface area contributed by atoms with E-state index in [-0.39, 0.29) is 41.1 Å². The highest BCUT2D eigenvalue weighted by molar-refractivity contribution is 6.02. The van der Waals surface area contributed by atoms with Crippen LogP contribution in [0, 0.1) is 11.7 Å². The number of halogens is 1. The third-order valence-corrected chi connectivity index (χ3v) is 4.88. The molecular formula is C18H21FN6O3. The van der Waals surface area contributed by atoms with Crippen LogP contribution >= 0.6 is 0 Å². The van der Waals surface area contributed by atoms with Crippen molar-refractivity contribution in [2.75, 3.05) is 12.4 Å². The zero-order chi connectivity index (χ0) is 20.5. The quantitative estimate of drug-likeness (QED) is 0.819. The Balaban J connectivity index is 1.91. The molecule has 10 heteroatoms. The molecule has 0 aliphatic carbocycles. The van der Waals surface area contributed by atoms with Gasteiger partial charge in [0, 0.05) is 5.92 Å². The van der Waals surface area contributed by atoms with Crippen LogP contribution in [0.1, 0.15) is 37.0 Å². The third-order valence-electron chi connectivity index (χ3n) is 4.88. The normalized spacial score (nSPS) is 24.1. The number of hydrogen-bond acceptors (Lipinski definition) is 8. The Labute approximate surface area is 161 Å². The van der Waals surface area contributed by atoms with Crippen molar-refractivity contribution in [2.24, 2.45) is 16.6 Å². The minimum Gasteiger partial charge on any atom is -0.480 e. The monoisotopic (exact) mass is 388 g/mol. The van der Waals surface area contributed by atoms with Crippen molar-refractivity contribution in [3.8, 4) is 5.88 Å². The molecule has 0 spiro atoms. The van der Waals surface area contributed by atoms with Gasteiger partial charge in [0.05, 0.1) is 19.5 Å². The Kier molecular flexibility index (Phi) is 5.12. The van der Waals surface area contributed by atoms with Crippen LogP contribution < -0.4 is 15.8 Å². The number of ether oxygens (including phenoxy) is 2. The molecule has 148 valence electrons. The number of hydrogen-bond donors (Lipinski definition) is 2.